The van der Waals surface area contributed by atoms with Gasteiger partial charge in [-0.2, -0.15) is 0 Å². The number of anilines is 1. The lowest BCUT2D eigenvalue weighted by Gasteiger charge is -2.12. The van der Waals surface area contributed by atoms with Gasteiger partial charge in [-0.15, -0.1) is 0 Å². The molecule has 1 atom stereocenters. The predicted octanol–water partition coefficient (Wildman–Crippen LogP) is 2.79. The normalized spacial score (nSPS) is 12.1. The van der Waals surface area contributed by atoms with Gasteiger partial charge < -0.3 is 4.79 Å². The van der Waals surface area contributed by atoms with E-state index in [2.05, 4.69) is 12.4 Å². The first-order valence-electron chi connectivity index (χ1n) is 5.28. The van der Waals surface area contributed by atoms with Crippen LogP contribution in [0.1, 0.15) is 26.2 Å². The van der Waals surface area contributed by atoms with Crippen molar-refractivity contribution in [1.82, 2.24) is 0 Å². The Labute approximate surface area is 90.4 Å². The molecule has 15 heavy (non-hydrogen) atoms. The maximum atomic E-state index is 10.7. The second-order valence-corrected chi connectivity index (χ2v) is 3.40. The standard InChI is InChI=1S/C12H17NO2/c1-2-3-9-12(10-14)15-13-11-7-5-4-6-8-11/h4-8,10,12-13H,2-3,9H2,1H3. The fourth-order valence-corrected chi connectivity index (χ4v) is 1.21. The van der Waals surface area contributed by atoms with Crippen molar-refractivity contribution in [1.29, 1.82) is 0 Å². The van der Waals surface area contributed by atoms with Crippen molar-refractivity contribution in [2.24, 2.45) is 0 Å². The molecule has 1 N–H and O–H groups in total. The zero-order chi connectivity index (χ0) is 10.9. The summed E-state index contributed by atoms with van der Waals surface area (Å²) in [6, 6.07) is 9.53. The molecule has 0 aliphatic rings. The van der Waals surface area contributed by atoms with Gasteiger partial charge in [0.15, 0.2) is 6.29 Å². The molecule has 1 aromatic carbocycles. The van der Waals surface area contributed by atoms with Crippen LogP contribution in [-0.2, 0) is 9.63 Å². The molecule has 0 amide bonds. The summed E-state index contributed by atoms with van der Waals surface area (Å²) in [4.78, 5) is 15.9. The Balaban J connectivity index is 2.31. The summed E-state index contributed by atoms with van der Waals surface area (Å²) in [6.45, 7) is 2.09. The predicted molar refractivity (Wildman–Crippen MR) is 60.5 cm³/mol. The monoisotopic (exact) mass is 207 g/mol. The van der Waals surface area contributed by atoms with Gasteiger partial charge in [0.1, 0.15) is 6.10 Å². The first-order chi connectivity index (χ1) is 7.36. The van der Waals surface area contributed by atoms with E-state index in [0.29, 0.717) is 0 Å². The fraction of sp³-hybridized carbons (Fsp3) is 0.417. The number of unbranched alkanes of at least 4 members (excludes halogenated alkanes) is 1. The van der Waals surface area contributed by atoms with Crippen molar-refractivity contribution in [2.45, 2.75) is 32.3 Å². The molecule has 3 nitrogen and oxygen atoms in total. The van der Waals surface area contributed by atoms with Gasteiger partial charge in [-0.1, -0.05) is 38.0 Å². The van der Waals surface area contributed by atoms with E-state index >= 15 is 0 Å². The van der Waals surface area contributed by atoms with Gasteiger partial charge in [0.25, 0.3) is 0 Å². The summed E-state index contributed by atoms with van der Waals surface area (Å²) in [5.41, 5.74) is 3.64. The Kier molecular flexibility index (Phi) is 5.48. The Morgan fingerprint density at radius 2 is 2.13 bits per heavy atom. The van der Waals surface area contributed by atoms with E-state index < -0.39 is 0 Å². The van der Waals surface area contributed by atoms with E-state index in [9.17, 15) is 4.79 Å². The Hall–Kier alpha value is -1.35. The molecule has 82 valence electrons. The highest BCUT2D eigenvalue weighted by Gasteiger charge is 2.06. The smallest absolute Gasteiger partial charge is 0.151 e. The third kappa shape index (κ3) is 4.61. The van der Waals surface area contributed by atoms with Crippen molar-refractivity contribution < 1.29 is 9.63 Å². The summed E-state index contributed by atoms with van der Waals surface area (Å²) in [5, 5.41) is 0. The fourth-order valence-electron chi connectivity index (χ4n) is 1.21. The summed E-state index contributed by atoms with van der Waals surface area (Å²) in [5.74, 6) is 0. The number of nitrogens with one attached hydrogen (secondary N) is 1. The maximum Gasteiger partial charge on any atom is 0.151 e. The lowest BCUT2D eigenvalue weighted by Crippen LogP contribution is -2.18. The van der Waals surface area contributed by atoms with Crippen LogP contribution in [-0.4, -0.2) is 12.4 Å². The van der Waals surface area contributed by atoms with E-state index in [1.54, 1.807) is 0 Å². The number of aldehydes is 1. The number of hydrogen-bond donors (Lipinski definition) is 1. The molecule has 1 aromatic rings. The summed E-state index contributed by atoms with van der Waals surface area (Å²) in [7, 11) is 0. The molecule has 0 heterocycles. The highest BCUT2D eigenvalue weighted by atomic mass is 16.7. The summed E-state index contributed by atoms with van der Waals surface area (Å²) < 4.78 is 0. The largest absolute Gasteiger partial charge is 0.300 e. The molecule has 0 saturated heterocycles. The van der Waals surface area contributed by atoms with E-state index in [1.165, 1.54) is 0 Å². The van der Waals surface area contributed by atoms with Crippen LogP contribution in [0.4, 0.5) is 5.69 Å². The van der Waals surface area contributed by atoms with Crippen LogP contribution in [0.2, 0.25) is 0 Å². The first kappa shape index (κ1) is 11.7. The minimum atomic E-state index is -0.356. The quantitative estimate of drug-likeness (QED) is 0.552. The molecule has 0 aromatic heterocycles. The molecule has 3 heteroatoms. The molecule has 0 spiro atoms. The Morgan fingerprint density at radius 3 is 2.73 bits per heavy atom. The van der Waals surface area contributed by atoms with Crippen LogP contribution in [0.25, 0.3) is 0 Å². The van der Waals surface area contributed by atoms with E-state index in [0.717, 1.165) is 31.2 Å². The van der Waals surface area contributed by atoms with Crippen LogP contribution < -0.4 is 5.48 Å². The topological polar surface area (TPSA) is 38.3 Å². The molecule has 0 fully saturated rings. The number of carbonyl (C=O) groups excluding carboxylic acids is 1. The van der Waals surface area contributed by atoms with Crippen molar-refractivity contribution in [3.63, 3.8) is 0 Å². The lowest BCUT2D eigenvalue weighted by molar-refractivity contribution is -0.116. The minimum absolute atomic E-state index is 0.356. The number of carbonyl (C=O) groups is 1. The molecule has 0 aliphatic heterocycles. The highest BCUT2D eigenvalue weighted by molar-refractivity contribution is 5.56. The van der Waals surface area contributed by atoms with Crippen molar-refractivity contribution in [2.75, 3.05) is 5.48 Å². The van der Waals surface area contributed by atoms with Gasteiger partial charge in [0.2, 0.25) is 0 Å². The number of benzene rings is 1. The van der Waals surface area contributed by atoms with E-state index in [-0.39, 0.29) is 6.10 Å². The van der Waals surface area contributed by atoms with Gasteiger partial charge in [-0.05, 0) is 18.6 Å². The van der Waals surface area contributed by atoms with Crippen LogP contribution in [0.3, 0.4) is 0 Å². The third-order valence-corrected chi connectivity index (χ3v) is 2.10. The molecular weight excluding hydrogens is 190 g/mol. The maximum absolute atomic E-state index is 10.7. The molecule has 0 saturated carbocycles. The van der Waals surface area contributed by atoms with E-state index in [1.807, 2.05) is 30.3 Å². The first-order valence-corrected chi connectivity index (χ1v) is 5.28. The lowest BCUT2D eigenvalue weighted by atomic mass is 10.2. The average molecular weight is 207 g/mol. The molecular formula is C12H17NO2. The van der Waals surface area contributed by atoms with E-state index in [4.69, 9.17) is 4.84 Å². The van der Waals surface area contributed by atoms with Gasteiger partial charge in [0.05, 0.1) is 5.69 Å². The number of para-hydroxylation sites is 1. The van der Waals surface area contributed by atoms with Gasteiger partial charge >= 0.3 is 0 Å². The molecule has 1 unspecified atom stereocenters. The van der Waals surface area contributed by atoms with Crippen molar-refractivity contribution in [3.05, 3.63) is 30.3 Å². The Morgan fingerprint density at radius 1 is 1.40 bits per heavy atom. The zero-order valence-electron chi connectivity index (χ0n) is 8.98. The van der Waals surface area contributed by atoms with Crippen LogP contribution in [0, 0.1) is 0 Å². The van der Waals surface area contributed by atoms with Crippen LogP contribution in [0.5, 0.6) is 0 Å². The van der Waals surface area contributed by atoms with Gasteiger partial charge in [0, 0.05) is 0 Å². The number of hydrogen-bond acceptors (Lipinski definition) is 3. The summed E-state index contributed by atoms with van der Waals surface area (Å²) in [6.07, 6.45) is 3.31. The summed E-state index contributed by atoms with van der Waals surface area (Å²) >= 11 is 0. The molecule has 0 radical (unpaired) electrons. The SMILES string of the molecule is CCCCC(C=O)ONc1ccccc1. The Bertz CT molecular complexity index is 274. The second kappa shape index (κ2) is 7.01. The van der Waals surface area contributed by atoms with Crippen molar-refractivity contribution >= 4 is 12.0 Å². The molecule has 0 aliphatic carbocycles. The molecule has 1 rings (SSSR count). The third-order valence-electron chi connectivity index (χ3n) is 2.10. The average Bonchev–Trinajstić information content (AvgIpc) is 2.31. The highest BCUT2D eigenvalue weighted by Crippen LogP contribution is 2.08. The van der Waals surface area contributed by atoms with Crippen molar-refractivity contribution in [3.8, 4) is 0 Å². The van der Waals surface area contributed by atoms with Gasteiger partial charge in [-0.3, -0.25) is 10.3 Å². The number of rotatable bonds is 7. The van der Waals surface area contributed by atoms with Crippen LogP contribution in [0.15, 0.2) is 30.3 Å². The minimum Gasteiger partial charge on any atom is -0.300 e. The van der Waals surface area contributed by atoms with Crippen LogP contribution >= 0.6 is 0 Å². The zero-order valence-corrected chi connectivity index (χ0v) is 8.98. The molecule has 0 bridgehead atoms. The second-order valence-electron chi connectivity index (χ2n) is 3.40. The van der Waals surface area contributed by atoms with Gasteiger partial charge in [-0.25, -0.2) is 0 Å².